The van der Waals surface area contributed by atoms with Crippen molar-refractivity contribution >= 4 is 5.97 Å². The van der Waals surface area contributed by atoms with Crippen LogP contribution in [0, 0.1) is 46.3 Å². The highest BCUT2D eigenvalue weighted by Crippen LogP contribution is 2.67. The molecule has 0 amide bonds. The lowest BCUT2D eigenvalue weighted by molar-refractivity contribution is -0.157. The van der Waals surface area contributed by atoms with Gasteiger partial charge in [0.2, 0.25) is 0 Å². The van der Waals surface area contributed by atoms with E-state index >= 15 is 0 Å². The van der Waals surface area contributed by atoms with Gasteiger partial charge in [-0.1, -0.05) is 72.1 Å². The van der Waals surface area contributed by atoms with Crippen molar-refractivity contribution in [1.82, 2.24) is 0 Å². The van der Waals surface area contributed by atoms with E-state index in [1.54, 1.807) is 0 Å². The lowest BCUT2D eigenvalue weighted by atomic mass is 9.47. The molecule has 5 heteroatoms. The van der Waals surface area contributed by atoms with Crippen LogP contribution in [0.2, 0.25) is 0 Å². The van der Waals surface area contributed by atoms with Gasteiger partial charge >= 0.3 is 12.1 Å². The Morgan fingerprint density at radius 2 is 1.81 bits per heavy atom. The fourth-order valence-electron chi connectivity index (χ4n) is 9.09. The summed E-state index contributed by atoms with van der Waals surface area (Å²) in [7, 11) is 0. The SMILES string of the molecule is C=C(C(=O)O[C@H]1CC[C@@]2(C)C(=CC[C@H]3[C@@H]4CC[C@H]([C@H](C)CCCC(C)C)[C@@]4(C)CC[C@@H]32)C1)C(F)(F)F. The molecule has 0 spiro atoms. The van der Waals surface area contributed by atoms with Crippen LogP contribution < -0.4 is 0 Å². The minimum Gasteiger partial charge on any atom is -0.458 e. The number of allylic oxidation sites excluding steroid dienone is 1. The Kier molecular flexibility index (Phi) is 7.82. The molecular formula is C31H47F3O2. The summed E-state index contributed by atoms with van der Waals surface area (Å²) in [5.41, 5.74) is 0.417. The summed E-state index contributed by atoms with van der Waals surface area (Å²) in [5.74, 6) is 3.18. The van der Waals surface area contributed by atoms with E-state index in [0.717, 1.165) is 36.5 Å². The second kappa shape index (κ2) is 10.1. The zero-order valence-corrected chi connectivity index (χ0v) is 23.1. The molecule has 3 fully saturated rings. The topological polar surface area (TPSA) is 26.3 Å². The molecule has 0 aromatic rings. The van der Waals surface area contributed by atoms with Crippen LogP contribution in [0.1, 0.15) is 105 Å². The van der Waals surface area contributed by atoms with Crippen molar-refractivity contribution < 1.29 is 22.7 Å². The summed E-state index contributed by atoms with van der Waals surface area (Å²) in [6.45, 7) is 15.0. The fourth-order valence-corrected chi connectivity index (χ4v) is 9.09. The normalized spacial score (nSPS) is 39.0. The van der Waals surface area contributed by atoms with Gasteiger partial charge in [0, 0.05) is 6.42 Å². The van der Waals surface area contributed by atoms with E-state index < -0.39 is 23.8 Å². The largest absolute Gasteiger partial charge is 0.458 e. The van der Waals surface area contributed by atoms with Gasteiger partial charge in [-0.15, -0.1) is 0 Å². The second-order valence-corrected chi connectivity index (χ2v) is 13.5. The summed E-state index contributed by atoms with van der Waals surface area (Å²) >= 11 is 0. The number of hydrogen-bond acceptors (Lipinski definition) is 2. The highest BCUT2D eigenvalue weighted by molar-refractivity contribution is 5.89. The number of carbonyl (C=O) groups excluding carboxylic acids is 1. The number of alkyl halides is 3. The van der Waals surface area contributed by atoms with E-state index in [-0.39, 0.29) is 5.41 Å². The van der Waals surface area contributed by atoms with Crippen LogP contribution in [0.15, 0.2) is 23.8 Å². The molecule has 8 atom stereocenters. The van der Waals surface area contributed by atoms with E-state index in [4.69, 9.17) is 4.74 Å². The molecule has 0 N–H and O–H groups in total. The molecular weight excluding hydrogens is 461 g/mol. The quantitative estimate of drug-likeness (QED) is 0.195. The molecule has 0 radical (unpaired) electrons. The first-order valence-electron chi connectivity index (χ1n) is 14.4. The van der Waals surface area contributed by atoms with E-state index in [1.807, 2.05) is 0 Å². The maximum absolute atomic E-state index is 12.9. The third-order valence-corrected chi connectivity index (χ3v) is 11.1. The average molecular weight is 509 g/mol. The molecule has 0 unspecified atom stereocenters. The minimum absolute atomic E-state index is 0.0785. The molecule has 0 aromatic carbocycles. The molecule has 0 aliphatic heterocycles. The smallest absolute Gasteiger partial charge is 0.422 e. The first kappa shape index (κ1) is 27.8. The first-order valence-corrected chi connectivity index (χ1v) is 14.4. The van der Waals surface area contributed by atoms with Gasteiger partial charge in [-0.25, -0.2) is 4.79 Å². The molecule has 36 heavy (non-hydrogen) atoms. The van der Waals surface area contributed by atoms with Gasteiger partial charge in [0.1, 0.15) is 11.7 Å². The zero-order chi connectivity index (χ0) is 26.5. The molecule has 3 saturated carbocycles. The maximum atomic E-state index is 12.9. The molecule has 204 valence electrons. The lowest BCUT2D eigenvalue weighted by Gasteiger charge is -2.58. The molecule has 0 heterocycles. The van der Waals surface area contributed by atoms with Crippen LogP contribution in [0.4, 0.5) is 13.2 Å². The highest BCUT2D eigenvalue weighted by atomic mass is 19.4. The lowest BCUT2D eigenvalue weighted by Crippen LogP contribution is -2.51. The van der Waals surface area contributed by atoms with E-state index in [0.29, 0.717) is 30.1 Å². The number of hydrogen-bond donors (Lipinski definition) is 0. The van der Waals surface area contributed by atoms with Gasteiger partial charge in [0.05, 0.1) is 0 Å². The molecule has 4 aliphatic carbocycles. The van der Waals surface area contributed by atoms with Gasteiger partial charge in [0.25, 0.3) is 0 Å². The van der Waals surface area contributed by atoms with Crippen LogP contribution in [0.3, 0.4) is 0 Å². The predicted octanol–water partition coefficient (Wildman–Crippen LogP) is 9.06. The standard InChI is InChI=1S/C31H47F3O2/c1-19(2)8-7-9-20(3)25-12-13-26-24-11-10-22-18-23(36-28(35)21(4)31(32,33)34)14-16-29(22,5)27(24)15-17-30(25,26)6/h10,19-20,23-27H,4,7-9,11-18H2,1-3,5-6H3/t20-,23+,24+,25-,26+,27+,29+,30-/m1/s1. The third kappa shape index (κ3) is 5.06. The summed E-state index contributed by atoms with van der Waals surface area (Å²) in [5, 5.41) is 0. The van der Waals surface area contributed by atoms with Crippen molar-refractivity contribution in [2.45, 2.75) is 118 Å². The van der Waals surface area contributed by atoms with E-state index in [1.165, 1.54) is 50.5 Å². The molecule has 0 aromatic heterocycles. The van der Waals surface area contributed by atoms with Crippen molar-refractivity contribution in [2.75, 3.05) is 0 Å². The maximum Gasteiger partial charge on any atom is 0.422 e. The number of esters is 1. The van der Waals surface area contributed by atoms with Crippen molar-refractivity contribution in [1.29, 1.82) is 0 Å². The van der Waals surface area contributed by atoms with Crippen LogP contribution >= 0.6 is 0 Å². The van der Waals surface area contributed by atoms with Crippen molar-refractivity contribution in [2.24, 2.45) is 46.3 Å². The summed E-state index contributed by atoms with van der Waals surface area (Å²) in [6.07, 6.45) is 9.57. The molecule has 2 nitrogen and oxygen atoms in total. The van der Waals surface area contributed by atoms with Gasteiger partial charge in [-0.05, 0) is 91.3 Å². The summed E-state index contributed by atoms with van der Waals surface area (Å²) in [6, 6.07) is 0. The van der Waals surface area contributed by atoms with E-state index in [2.05, 4.69) is 47.3 Å². The first-order chi connectivity index (χ1) is 16.8. The van der Waals surface area contributed by atoms with Crippen LogP contribution in [0.25, 0.3) is 0 Å². The number of rotatable bonds is 7. The number of carbonyl (C=O) groups is 1. The Hall–Kier alpha value is -1.26. The fraction of sp³-hybridized carbons (Fsp3) is 0.839. The van der Waals surface area contributed by atoms with Crippen LogP contribution in [0.5, 0.6) is 0 Å². The molecule has 4 rings (SSSR count). The Bertz CT molecular complexity index is 874. The van der Waals surface area contributed by atoms with E-state index in [9.17, 15) is 18.0 Å². The highest BCUT2D eigenvalue weighted by Gasteiger charge is 2.59. The predicted molar refractivity (Wildman–Crippen MR) is 138 cm³/mol. The number of ether oxygens (including phenoxy) is 1. The Morgan fingerprint density at radius 3 is 2.47 bits per heavy atom. The molecule has 4 aliphatic rings. The van der Waals surface area contributed by atoms with Crippen LogP contribution in [-0.2, 0) is 9.53 Å². The van der Waals surface area contributed by atoms with Crippen molar-refractivity contribution in [3.63, 3.8) is 0 Å². The Morgan fingerprint density at radius 1 is 1.08 bits per heavy atom. The van der Waals surface area contributed by atoms with Gasteiger partial charge in [-0.3, -0.25) is 0 Å². The third-order valence-electron chi connectivity index (χ3n) is 11.1. The second-order valence-electron chi connectivity index (χ2n) is 13.5. The van der Waals surface area contributed by atoms with Gasteiger partial charge in [0.15, 0.2) is 0 Å². The van der Waals surface area contributed by atoms with Crippen molar-refractivity contribution in [3.05, 3.63) is 23.8 Å². The van der Waals surface area contributed by atoms with Gasteiger partial charge < -0.3 is 4.74 Å². The molecule has 0 bridgehead atoms. The van der Waals surface area contributed by atoms with Crippen LogP contribution in [-0.4, -0.2) is 18.2 Å². The van der Waals surface area contributed by atoms with Crippen molar-refractivity contribution in [3.8, 4) is 0 Å². The Balaban J connectivity index is 1.43. The monoisotopic (exact) mass is 508 g/mol. The number of fused-ring (bicyclic) bond motifs is 5. The zero-order valence-electron chi connectivity index (χ0n) is 23.1. The summed E-state index contributed by atoms with van der Waals surface area (Å²) in [4.78, 5) is 12.0. The molecule has 0 saturated heterocycles. The van der Waals surface area contributed by atoms with Gasteiger partial charge in [-0.2, -0.15) is 13.2 Å². The number of halogens is 3. The average Bonchev–Trinajstić information content (AvgIpc) is 3.15. The summed E-state index contributed by atoms with van der Waals surface area (Å²) < 4.78 is 43.9. The minimum atomic E-state index is -4.74. The Labute approximate surface area is 216 Å².